The Bertz CT molecular complexity index is 1410. The largest absolute Gasteiger partial charge is 0.444 e. The molecule has 17 heteroatoms. The number of hydrogen-bond acceptors (Lipinski definition) is 8. The van der Waals surface area contributed by atoms with Gasteiger partial charge in [0.05, 0.1) is 12.7 Å². The number of halogens is 6. The molecule has 0 bridgehead atoms. The number of nitrogens with zero attached hydrogens (tertiary/aromatic N) is 5. The Morgan fingerprint density at radius 2 is 1.88 bits per heavy atom. The lowest BCUT2D eigenvalue weighted by Gasteiger charge is -2.23. The van der Waals surface area contributed by atoms with E-state index in [9.17, 15) is 35.9 Å². The standard InChI is InChI=1S/C24H26F6N8O3/c1-22(2)14(7-31-11-23(25,26)27)8-38(21(22)40)18-15(9-37(3)36-18)34-19(39)16-10-41-20(35-16)13-4-5-32-17(6-13)33-12-24(28,29)30/h4-6,9-10,14,31H,7-8,11-12H2,1-3H3,(H,32,33)(H,34,39). The van der Waals surface area contributed by atoms with Crippen molar-refractivity contribution in [2.24, 2.45) is 18.4 Å². The number of pyridine rings is 1. The summed E-state index contributed by atoms with van der Waals surface area (Å²) in [6.45, 7) is 0.791. The third-order valence-electron chi connectivity index (χ3n) is 6.46. The molecule has 4 heterocycles. The van der Waals surface area contributed by atoms with Gasteiger partial charge in [-0.3, -0.25) is 19.2 Å². The summed E-state index contributed by atoms with van der Waals surface area (Å²) in [5, 5.41) is 11.4. The second kappa shape index (κ2) is 11.0. The summed E-state index contributed by atoms with van der Waals surface area (Å²) >= 11 is 0. The maximum absolute atomic E-state index is 13.2. The van der Waals surface area contributed by atoms with Crippen molar-refractivity contribution in [3.63, 3.8) is 0 Å². The normalized spacial score (nSPS) is 17.2. The number of nitrogens with one attached hydrogen (secondary N) is 3. The van der Waals surface area contributed by atoms with E-state index >= 15 is 0 Å². The molecule has 1 aliphatic rings. The predicted molar refractivity (Wildman–Crippen MR) is 134 cm³/mol. The Labute approximate surface area is 229 Å². The summed E-state index contributed by atoms with van der Waals surface area (Å²) in [6, 6.07) is 2.71. The lowest BCUT2D eigenvalue weighted by molar-refractivity contribution is -0.127. The molecular weight excluding hydrogens is 562 g/mol. The Balaban J connectivity index is 1.47. The van der Waals surface area contributed by atoms with Crippen molar-refractivity contribution in [1.82, 2.24) is 25.1 Å². The molecule has 1 unspecified atom stereocenters. The number of carbonyl (C=O) groups is 2. The van der Waals surface area contributed by atoms with Crippen LogP contribution in [0.4, 0.5) is 43.7 Å². The third-order valence-corrected chi connectivity index (χ3v) is 6.46. The van der Waals surface area contributed by atoms with Gasteiger partial charge in [-0.25, -0.2) is 9.97 Å². The quantitative estimate of drug-likeness (QED) is 0.322. The minimum absolute atomic E-state index is 0.0512. The smallest absolute Gasteiger partial charge is 0.405 e. The molecule has 3 N–H and O–H groups in total. The van der Waals surface area contributed by atoms with Crippen LogP contribution < -0.4 is 20.9 Å². The molecule has 0 saturated carbocycles. The number of carbonyl (C=O) groups excluding carboxylic acids is 2. The molecule has 3 aromatic rings. The van der Waals surface area contributed by atoms with E-state index in [0.29, 0.717) is 0 Å². The molecule has 1 aliphatic heterocycles. The second-order valence-electron chi connectivity index (χ2n) is 10.0. The summed E-state index contributed by atoms with van der Waals surface area (Å²) in [4.78, 5) is 35.4. The molecule has 11 nitrogen and oxygen atoms in total. The van der Waals surface area contributed by atoms with Crippen LogP contribution in [0.2, 0.25) is 0 Å². The van der Waals surface area contributed by atoms with Crippen molar-refractivity contribution in [3.8, 4) is 11.5 Å². The van der Waals surface area contributed by atoms with Gasteiger partial charge in [-0.2, -0.15) is 31.4 Å². The Morgan fingerprint density at radius 3 is 2.56 bits per heavy atom. The lowest BCUT2D eigenvalue weighted by Crippen LogP contribution is -2.38. The lowest BCUT2D eigenvalue weighted by atomic mass is 9.81. The highest BCUT2D eigenvalue weighted by Gasteiger charge is 2.49. The Kier molecular flexibility index (Phi) is 8.02. The van der Waals surface area contributed by atoms with Crippen molar-refractivity contribution >= 4 is 29.1 Å². The first-order valence-corrected chi connectivity index (χ1v) is 12.2. The van der Waals surface area contributed by atoms with Crippen LogP contribution >= 0.6 is 0 Å². The van der Waals surface area contributed by atoms with Gasteiger partial charge in [0.15, 0.2) is 11.5 Å². The Morgan fingerprint density at radius 1 is 1.17 bits per heavy atom. The minimum atomic E-state index is -4.45. The van der Waals surface area contributed by atoms with E-state index in [1.165, 1.54) is 34.1 Å². The van der Waals surface area contributed by atoms with Gasteiger partial charge in [0, 0.05) is 43.2 Å². The van der Waals surface area contributed by atoms with Crippen LogP contribution in [0.1, 0.15) is 24.3 Å². The van der Waals surface area contributed by atoms with E-state index in [2.05, 4.69) is 31.0 Å². The summed E-state index contributed by atoms with van der Waals surface area (Å²) in [6.07, 6.45) is -5.09. The van der Waals surface area contributed by atoms with Crippen LogP contribution in [-0.2, 0) is 11.8 Å². The zero-order valence-electron chi connectivity index (χ0n) is 22.0. The number of aromatic nitrogens is 4. The average Bonchev–Trinajstić information content (AvgIpc) is 3.55. The fourth-order valence-corrected chi connectivity index (χ4v) is 4.26. The van der Waals surface area contributed by atoms with Gasteiger partial charge < -0.3 is 20.4 Å². The highest BCUT2D eigenvalue weighted by atomic mass is 19.4. The topological polar surface area (TPSA) is 130 Å². The first kappa shape index (κ1) is 29.8. The van der Waals surface area contributed by atoms with Crippen molar-refractivity contribution in [1.29, 1.82) is 0 Å². The third kappa shape index (κ3) is 7.14. The first-order chi connectivity index (χ1) is 19.0. The van der Waals surface area contributed by atoms with E-state index in [1.54, 1.807) is 20.9 Å². The number of anilines is 3. The van der Waals surface area contributed by atoms with Crippen LogP contribution in [0.25, 0.3) is 11.5 Å². The SMILES string of the molecule is Cn1cc(NC(=O)c2coc(-c3ccnc(NCC(F)(F)F)c3)n2)c(N2CC(CNCC(F)(F)F)C(C)(C)C2=O)n1. The number of hydrogen-bond donors (Lipinski definition) is 3. The molecule has 41 heavy (non-hydrogen) atoms. The van der Waals surface area contributed by atoms with Gasteiger partial charge >= 0.3 is 12.4 Å². The molecule has 0 radical (unpaired) electrons. The molecule has 1 saturated heterocycles. The van der Waals surface area contributed by atoms with E-state index in [1.807, 2.05) is 0 Å². The number of rotatable bonds is 9. The van der Waals surface area contributed by atoms with Gasteiger partial charge in [-0.15, -0.1) is 0 Å². The first-order valence-electron chi connectivity index (χ1n) is 12.2. The summed E-state index contributed by atoms with van der Waals surface area (Å²) in [5.41, 5.74) is -0.756. The van der Waals surface area contributed by atoms with Gasteiger partial charge in [0.25, 0.3) is 5.91 Å². The fraction of sp³-hybridized carbons (Fsp3) is 0.458. The molecule has 3 aromatic heterocycles. The van der Waals surface area contributed by atoms with Gasteiger partial charge in [-0.1, -0.05) is 13.8 Å². The predicted octanol–water partition coefficient (Wildman–Crippen LogP) is 3.84. The summed E-state index contributed by atoms with van der Waals surface area (Å²) < 4.78 is 82.0. The van der Waals surface area contributed by atoms with Crippen LogP contribution in [-0.4, -0.2) is 70.1 Å². The summed E-state index contributed by atoms with van der Waals surface area (Å²) in [7, 11) is 1.56. The zero-order chi connectivity index (χ0) is 30.2. The molecule has 0 aliphatic carbocycles. The van der Waals surface area contributed by atoms with Gasteiger partial charge in [-0.05, 0) is 12.1 Å². The average molecular weight is 589 g/mol. The van der Waals surface area contributed by atoms with E-state index < -0.39 is 42.7 Å². The van der Waals surface area contributed by atoms with Crippen LogP contribution in [0.3, 0.4) is 0 Å². The van der Waals surface area contributed by atoms with Crippen LogP contribution in [0, 0.1) is 11.3 Å². The number of amides is 2. The zero-order valence-corrected chi connectivity index (χ0v) is 22.0. The van der Waals surface area contributed by atoms with E-state index in [0.717, 1.165) is 6.26 Å². The van der Waals surface area contributed by atoms with Crippen molar-refractivity contribution < 1.29 is 40.3 Å². The molecular formula is C24H26F6N8O3. The van der Waals surface area contributed by atoms with E-state index in [4.69, 9.17) is 4.42 Å². The van der Waals surface area contributed by atoms with Gasteiger partial charge in [0.1, 0.15) is 24.3 Å². The Hall–Kier alpha value is -4.15. The maximum Gasteiger partial charge on any atom is 0.405 e. The van der Waals surface area contributed by atoms with Crippen molar-refractivity contribution in [3.05, 3.63) is 36.5 Å². The highest BCUT2D eigenvalue weighted by Crippen LogP contribution is 2.40. The molecule has 0 spiro atoms. The minimum Gasteiger partial charge on any atom is -0.444 e. The fourth-order valence-electron chi connectivity index (χ4n) is 4.26. The van der Waals surface area contributed by atoms with Crippen LogP contribution in [0.5, 0.6) is 0 Å². The maximum atomic E-state index is 13.2. The summed E-state index contributed by atoms with van der Waals surface area (Å²) in [5.74, 6) is -1.60. The van der Waals surface area contributed by atoms with Crippen molar-refractivity contribution in [2.75, 3.05) is 41.7 Å². The molecule has 1 atom stereocenters. The molecule has 1 fully saturated rings. The van der Waals surface area contributed by atoms with Crippen LogP contribution in [0.15, 0.2) is 35.2 Å². The molecule has 2 amide bonds. The number of oxazole rings is 1. The second-order valence-corrected chi connectivity index (χ2v) is 10.0. The van der Waals surface area contributed by atoms with E-state index in [-0.39, 0.29) is 53.5 Å². The molecule has 222 valence electrons. The number of aryl methyl sites for hydroxylation is 1. The highest BCUT2D eigenvalue weighted by molar-refractivity contribution is 6.07. The van der Waals surface area contributed by atoms with Gasteiger partial charge in [0.2, 0.25) is 11.8 Å². The molecule has 4 rings (SSSR count). The monoisotopic (exact) mass is 588 g/mol. The molecule has 0 aromatic carbocycles. The number of alkyl halides is 6. The van der Waals surface area contributed by atoms with Crippen molar-refractivity contribution in [2.45, 2.75) is 26.2 Å².